The number of likely N-dealkylation sites (N-methyl/N-ethyl adjacent to an activating group) is 1. The fourth-order valence-corrected chi connectivity index (χ4v) is 2.55. The van der Waals surface area contributed by atoms with E-state index in [9.17, 15) is 0 Å². The average Bonchev–Trinajstić information content (AvgIpc) is 2.55. The lowest BCUT2D eigenvalue weighted by molar-refractivity contribution is 0.281. The molecule has 0 saturated carbocycles. The van der Waals surface area contributed by atoms with Gasteiger partial charge in [0.2, 0.25) is 0 Å². The molecule has 1 heterocycles. The number of aliphatic imine (C=N–C) groups is 1. The third-order valence-corrected chi connectivity index (χ3v) is 4.28. The molecule has 0 radical (unpaired) electrons. The van der Waals surface area contributed by atoms with Crippen molar-refractivity contribution in [3.05, 3.63) is 30.3 Å². The lowest BCUT2D eigenvalue weighted by atomic mass is 10.1. The highest BCUT2D eigenvalue weighted by Gasteiger charge is 2.15. The van der Waals surface area contributed by atoms with E-state index in [2.05, 4.69) is 60.3 Å². The Morgan fingerprint density at radius 3 is 2.43 bits per heavy atom. The van der Waals surface area contributed by atoms with Crippen LogP contribution in [0.4, 0.5) is 5.69 Å². The SMILES string of the molecule is CC(C)N(C)CCN=C(Nc1ccccc1)N1CCCCC1.I. The summed E-state index contributed by atoms with van der Waals surface area (Å²) in [5, 5.41) is 3.51. The minimum Gasteiger partial charge on any atom is -0.343 e. The Balaban J connectivity index is 0.00000264. The maximum Gasteiger partial charge on any atom is 0.198 e. The number of halogens is 1. The van der Waals surface area contributed by atoms with Crippen molar-refractivity contribution >= 4 is 35.6 Å². The van der Waals surface area contributed by atoms with Gasteiger partial charge in [-0.2, -0.15) is 0 Å². The molecule has 1 N–H and O–H groups in total. The van der Waals surface area contributed by atoms with Gasteiger partial charge in [-0.25, -0.2) is 0 Å². The van der Waals surface area contributed by atoms with Gasteiger partial charge in [0.15, 0.2) is 5.96 Å². The maximum absolute atomic E-state index is 4.85. The van der Waals surface area contributed by atoms with Crippen LogP contribution in [0.3, 0.4) is 0 Å². The Morgan fingerprint density at radius 2 is 1.83 bits per heavy atom. The normalized spacial score (nSPS) is 15.7. The molecule has 1 aliphatic rings. The van der Waals surface area contributed by atoms with Gasteiger partial charge in [-0.15, -0.1) is 24.0 Å². The Hall–Kier alpha value is -0.820. The number of anilines is 1. The van der Waals surface area contributed by atoms with E-state index in [1.807, 2.05) is 6.07 Å². The standard InChI is InChI=1S/C18H30N4.HI/c1-16(2)21(3)15-12-19-18(22-13-8-5-9-14-22)20-17-10-6-4-7-11-17;/h4,6-7,10-11,16H,5,8-9,12-15H2,1-3H3,(H,19,20);1H. The highest BCUT2D eigenvalue weighted by Crippen LogP contribution is 2.12. The molecule has 1 aliphatic heterocycles. The summed E-state index contributed by atoms with van der Waals surface area (Å²) in [5.74, 6) is 1.03. The van der Waals surface area contributed by atoms with Crippen LogP contribution in [-0.4, -0.2) is 55.0 Å². The molecule has 1 aromatic carbocycles. The van der Waals surface area contributed by atoms with Crippen molar-refractivity contribution in [2.45, 2.75) is 39.2 Å². The summed E-state index contributed by atoms with van der Waals surface area (Å²) in [7, 11) is 2.16. The lowest BCUT2D eigenvalue weighted by Gasteiger charge is -2.30. The van der Waals surface area contributed by atoms with Crippen LogP contribution in [-0.2, 0) is 0 Å². The Kier molecular flexibility index (Phi) is 9.55. The van der Waals surface area contributed by atoms with Gasteiger partial charge in [-0.05, 0) is 52.3 Å². The first-order valence-corrected chi connectivity index (χ1v) is 8.48. The maximum atomic E-state index is 4.85. The number of hydrogen-bond donors (Lipinski definition) is 1. The van der Waals surface area contributed by atoms with Crippen molar-refractivity contribution in [1.29, 1.82) is 0 Å². The number of nitrogens with zero attached hydrogens (tertiary/aromatic N) is 3. The summed E-state index contributed by atoms with van der Waals surface area (Å²) in [6.45, 7) is 8.48. The van der Waals surface area contributed by atoms with Crippen LogP contribution in [0, 0.1) is 0 Å². The van der Waals surface area contributed by atoms with E-state index in [1.54, 1.807) is 0 Å². The second-order valence-corrected chi connectivity index (χ2v) is 6.32. The summed E-state index contributed by atoms with van der Waals surface area (Å²) >= 11 is 0. The van der Waals surface area contributed by atoms with Crippen LogP contribution in [0.5, 0.6) is 0 Å². The molecule has 130 valence electrons. The number of guanidine groups is 1. The van der Waals surface area contributed by atoms with Crippen molar-refractivity contribution < 1.29 is 0 Å². The molecule has 0 aromatic heterocycles. The van der Waals surface area contributed by atoms with Crippen LogP contribution in [0.1, 0.15) is 33.1 Å². The first-order valence-electron chi connectivity index (χ1n) is 8.48. The smallest absolute Gasteiger partial charge is 0.198 e. The molecule has 0 unspecified atom stereocenters. The fraction of sp³-hybridized carbons (Fsp3) is 0.611. The van der Waals surface area contributed by atoms with E-state index >= 15 is 0 Å². The third-order valence-electron chi connectivity index (χ3n) is 4.28. The molecule has 2 rings (SSSR count). The Labute approximate surface area is 158 Å². The second-order valence-electron chi connectivity index (χ2n) is 6.32. The molecule has 1 saturated heterocycles. The molecule has 5 heteroatoms. The fourth-order valence-electron chi connectivity index (χ4n) is 2.55. The zero-order valence-corrected chi connectivity index (χ0v) is 17.0. The van der Waals surface area contributed by atoms with Gasteiger partial charge in [-0.3, -0.25) is 4.99 Å². The first-order chi connectivity index (χ1) is 10.7. The van der Waals surface area contributed by atoms with E-state index in [1.165, 1.54) is 19.3 Å². The number of hydrogen-bond acceptors (Lipinski definition) is 2. The predicted octanol–water partition coefficient (Wildman–Crippen LogP) is 3.90. The van der Waals surface area contributed by atoms with Crippen LogP contribution in [0.2, 0.25) is 0 Å². The van der Waals surface area contributed by atoms with Crippen LogP contribution >= 0.6 is 24.0 Å². The highest BCUT2D eigenvalue weighted by atomic mass is 127. The quantitative estimate of drug-likeness (QED) is 0.437. The predicted molar refractivity (Wildman–Crippen MR) is 111 cm³/mol. The summed E-state index contributed by atoms with van der Waals surface area (Å²) in [6, 6.07) is 10.9. The van der Waals surface area contributed by atoms with E-state index in [0.29, 0.717) is 6.04 Å². The van der Waals surface area contributed by atoms with Crippen molar-refractivity contribution in [2.24, 2.45) is 4.99 Å². The molecule has 0 atom stereocenters. The van der Waals surface area contributed by atoms with Crippen LogP contribution < -0.4 is 5.32 Å². The van der Waals surface area contributed by atoms with Crippen LogP contribution in [0.15, 0.2) is 35.3 Å². The number of nitrogens with one attached hydrogen (secondary N) is 1. The molecule has 1 fully saturated rings. The summed E-state index contributed by atoms with van der Waals surface area (Å²) in [4.78, 5) is 9.58. The molecule has 0 aliphatic carbocycles. The van der Waals surface area contributed by atoms with Crippen LogP contribution in [0.25, 0.3) is 0 Å². The van der Waals surface area contributed by atoms with E-state index < -0.39 is 0 Å². The highest BCUT2D eigenvalue weighted by molar-refractivity contribution is 14.0. The Morgan fingerprint density at radius 1 is 1.17 bits per heavy atom. The first kappa shape index (κ1) is 20.2. The summed E-state index contributed by atoms with van der Waals surface area (Å²) in [6.07, 6.45) is 3.87. The number of likely N-dealkylation sites (tertiary alicyclic amines) is 1. The van der Waals surface area contributed by atoms with Gasteiger partial charge in [0.05, 0.1) is 6.54 Å². The summed E-state index contributed by atoms with van der Waals surface area (Å²) in [5.41, 5.74) is 1.11. The molecular weight excluding hydrogens is 399 g/mol. The molecule has 4 nitrogen and oxygen atoms in total. The van der Waals surface area contributed by atoms with E-state index in [4.69, 9.17) is 4.99 Å². The number of piperidine rings is 1. The Bertz CT molecular complexity index is 455. The minimum absolute atomic E-state index is 0. The van der Waals surface area contributed by atoms with Crippen molar-refractivity contribution in [1.82, 2.24) is 9.80 Å². The number of para-hydroxylation sites is 1. The van der Waals surface area contributed by atoms with Crippen molar-refractivity contribution in [2.75, 3.05) is 38.5 Å². The second kappa shape index (κ2) is 10.9. The van der Waals surface area contributed by atoms with E-state index in [0.717, 1.165) is 37.8 Å². The number of rotatable bonds is 5. The van der Waals surface area contributed by atoms with Gasteiger partial charge in [-0.1, -0.05) is 18.2 Å². The van der Waals surface area contributed by atoms with Gasteiger partial charge in [0.25, 0.3) is 0 Å². The van der Waals surface area contributed by atoms with Crippen molar-refractivity contribution in [3.63, 3.8) is 0 Å². The number of benzene rings is 1. The molecule has 0 bridgehead atoms. The summed E-state index contributed by atoms with van der Waals surface area (Å²) < 4.78 is 0. The van der Waals surface area contributed by atoms with Crippen molar-refractivity contribution in [3.8, 4) is 0 Å². The zero-order valence-electron chi connectivity index (χ0n) is 14.7. The third kappa shape index (κ3) is 7.08. The van der Waals surface area contributed by atoms with Gasteiger partial charge < -0.3 is 15.1 Å². The largest absolute Gasteiger partial charge is 0.343 e. The zero-order chi connectivity index (χ0) is 15.8. The minimum atomic E-state index is 0. The average molecular weight is 430 g/mol. The molecular formula is C18H31IN4. The van der Waals surface area contributed by atoms with Gasteiger partial charge >= 0.3 is 0 Å². The molecule has 23 heavy (non-hydrogen) atoms. The van der Waals surface area contributed by atoms with Gasteiger partial charge in [0, 0.05) is 31.4 Å². The van der Waals surface area contributed by atoms with E-state index in [-0.39, 0.29) is 24.0 Å². The molecule has 0 amide bonds. The van der Waals surface area contributed by atoms with Gasteiger partial charge in [0.1, 0.15) is 0 Å². The lowest BCUT2D eigenvalue weighted by Crippen LogP contribution is -2.40. The monoisotopic (exact) mass is 430 g/mol. The topological polar surface area (TPSA) is 30.9 Å². The molecule has 0 spiro atoms. The molecule has 1 aromatic rings.